The van der Waals surface area contributed by atoms with Crippen molar-refractivity contribution < 1.29 is 19.1 Å². The number of methoxy groups -OCH3 is 1. The van der Waals surface area contributed by atoms with Gasteiger partial charge in [0.25, 0.3) is 0 Å². The molecule has 8 nitrogen and oxygen atoms in total. The van der Waals surface area contributed by atoms with Crippen molar-refractivity contribution in [2.24, 2.45) is 42.1 Å². The van der Waals surface area contributed by atoms with Gasteiger partial charge in [-0.15, -0.1) is 0 Å². The number of nitrogens with zero attached hydrogens (tertiary/aromatic N) is 4. The number of ketones is 2. The summed E-state index contributed by atoms with van der Waals surface area (Å²) in [5.74, 6) is 0.644. The molecule has 52 heavy (non-hydrogen) atoms. The second-order valence-electron chi connectivity index (χ2n) is 17.4. The number of carbonyl (C=O) groups excluding carboxylic acids is 3. The lowest BCUT2D eigenvalue weighted by Crippen LogP contribution is -2.27. The van der Waals surface area contributed by atoms with Gasteiger partial charge in [0.05, 0.1) is 30.9 Å². The van der Waals surface area contributed by atoms with Crippen molar-refractivity contribution >= 4 is 29.2 Å². The monoisotopic (exact) mass is 700 g/mol. The van der Waals surface area contributed by atoms with Crippen LogP contribution in [0.4, 0.5) is 11.4 Å². The fourth-order valence-electron chi connectivity index (χ4n) is 5.92. The normalized spacial score (nSPS) is 16.2. The number of aldehydes is 1. The van der Waals surface area contributed by atoms with Gasteiger partial charge in [0.15, 0.2) is 17.9 Å². The van der Waals surface area contributed by atoms with E-state index in [9.17, 15) is 14.4 Å². The lowest BCUT2D eigenvalue weighted by atomic mass is 9.72. The Hall–Kier alpha value is -5.11. The van der Waals surface area contributed by atoms with Crippen molar-refractivity contribution in [3.8, 4) is 16.9 Å². The molecule has 0 saturated carbocycles. The number of allylic oxidation sites excluding steroid dienone is 10. The number of Topliss-reactive ketones (excluding diaryl/α,β-unsaturated/α-hetero) is 2. The third-order valence-electron chi connectivity index (χ3n) is 8.85. The highest BCUT2D eigenvalue weighted by Crippen LogP contribution is 2.41. The first-order valence-corrected chi connectivity index (χ1v) is 17.5. The van der Waals surface area contributed by atoms with Crippen LogP contribution in [0.3, 0.4) is 0 Å². The Morgan fingerprint density at radius 3 is 1.25 bits per heavy atom. The molecule has 272 valence electrons. The highest BCUT2D eigenvalue weighted by Gasteiger charge is 2.35. The number of azo groups is 2. The Morgan fingerprint density at radius 2 is 0.904 bits per heavy atom. The summed E-state index contributed by atoms with van der Waals surface area (Å²) in [7, 11) is 1.56. The fraction of sp³-hybridized carbons (Fsp3) is 0.386. The third-order valence-corrected chi connectivity index (χ3v) is 8.85. The molecule has 8 heteroatoms. The van der Waals surface area contributed by atoms with Crippen LogP contribution in [0.2, 0.25) is 0 Å². The number of hydrogen-bond donors (Lipinski definition) is 0. The summed E-state index contributed by atoms with van der Waals surface area (Å²) in [4.78, 5) is 38.8. The molecule has 2 aliphatic carbocycles. The van der Waals surface area contributed by atoms with Crippen molar-refractivity contribution in [3.63, 3.8) is 0 Å². The molecule has 2 aliphatic rings. The maximum Gasteiger partial charge on any atom is 0.186 e. The van der Waals surface area contributed by atoms with Crippen LogP contribution < -0.4 is 4.74 Å². The van der Waals surface area contributed by atoms with Crippen LogP contribution in [0.5, 0.6) is 5.75 Å². The van der Waals surface area contributed by atoms with Gasteiger partial charge in [0, 0.05) is 39.5 Å². The smallest absolute Gasteiger partial charge is 0.186 e. The minimum atomic E-state index is -0.327. The molecule has 0 heterocycles. The summed E-state index contributed by atoms with van der Waals surface area (Å²) >= 11 is 0. The Balaban J connectivity index is 1.62. The summed E-state index contributed by atoms with van der Waals surface area (Å²) in [5, 5.41) is 17.4. The Labute approximate surface area is 309 Å². The fourth-order valence-corrected chi connectivity index (χ4v) is 5.92. The average Bonchev–Trinajstić information content (AvgIpc) is 3.03. The molecule has 0 aliphatic heterocycles. The van der Waals surface area contributed by atoms with E-state index in [1.54, 1.807) is 43.8 Å². The largest absolute Gasteiger partial charge is 0.496 e. The summed E-state index contributed by atoms with van der Waals surface area (Å²) < 4.78 is 5.71. The van der Waals surface area contributed by atoms with Gasteiger partial charge in [0.2, 0.25) is 0 Å². The van der Waals surface area contributed by atoms with Gasteiger partial charge < -0.3 is 4.74 Å². The first-order valence-electron chi connectivity index (χ1n) is 17.5. The molecular formula is C44H52N4O4. The lowest BCUT2D eigenvalue weighted by Gasteiger charge is -2.31. The van der Waals surface area contributed by atoms with Gasteiger partial charge in [-0.2, -0.15) is 20.5 Å². The summed E-state index contributed by atoms with van der Waals surface area (Å²) in [5.41, 5.74) is 6.10. The zero-order chi connectivity index (χ0) is 38.8. The first kappa shape index (κ1) is 39.7. The highest BCUT2D eigenvalue weighted by atomic mass is 16.5. The molecule has 0 aromatic heterocycles. The van der Waals surface area contributed by atoms with Crippen molar-refractivity contribution in [2.45, 2.75) is 83.1 Å². The van der Waals surface area contributed by atoms with Crippen LogP contribution in [0, 0.1) is 21.7 Å². The van der Waals surface area contributed by atoms with Crippen molar-refractivity contribution in [2.75, 3.05) is 7.11 Å². The van der Waals surface area contributed by atoms with E-state index in [2.05, 4.69) is 20.5 Å². The van der Waals surface area contributed by atoms with Gasteiger partial charge >= 0.3 is 0 Å². The molecule has 0 N–H and O–H groups in total. The third kappa shape index (κ3) is 9.21. The number of benzene rings is 2. The van der Waals surface area contributed by atoms with Crippen molar-refractivity contribution in [3.05, 3.63) is 112 Å². The molecule has 0 bridgehead atoms. The second-order valence-corrected chi connectivity index (χ2v) is 17.4. The molecule has 0 fully saturated rings. The van der Waals surface area contributed by atoms with Crippen LogP contribution in [0.1, 0.15) is 93.4 Å². The van der Waals surface area contributed by atoms with E-state index in [1.165, 1.54) is 0 Å². The molecule has 0 unspecified atom stereocenters. The quantitative estimate of drug-likeness (QED) is 0.211. The van der Waals surface area contributed by atoms with Gasteiger partial charge in [-0.25, -0.2) is 0 Å². The maximum absolute atomic E-state index is 13.3. The molecule has 0 atom stereocenters. The number of carbonyl (C=O) groups is 3. The van der Waals surface area contributed by atoms with Gasteiger partial charge in [-0.3, -0.25) is 14.4 Å². The maximum atomic E-state index is 13.3. The Morgan fingerprint density at radius 1 is 0.538 bits per heavy atom. The van der Waals surface area contributed by atoms with Crippen LogP contribution in [0.25, 0.3) is 11.1 Å². The van der Waals surface area contributed by atoms with Crippen molar-refractivity contribution in [1.82, 2.24) is 0 Å². The molecule has 2 aromatic carbocycles. The number of ether oxygens (including phenoxy) is 1. The average molecular weight is 701 g/mol. The minimum Gasteiger partial charge on any atom is -0.496 e. The SMILES string of the molecule is COc1cc(N=NC=C2C=C(C(C)(C)C)C(=O)C(C(C)(C)C)=C2)ccc1-c1ccc(N=NC=C2C=C(C(C)(C)C)C(=O)C(C(C)(C)C)=C2)cc1C=O. The standard InChI is InChI=1S/C44H52N4O4/c1-41(2,3)34-18-27(19-35(39(34)50)42(4,5)6)24-45-47-30-14-16-32(29(22-30)26-49)33-17-15-31(23-38(33)52-13)48-46-25-28-20-36(43(7,8)9)40(51)37(21-28)44(10,11)12/h14-26H,1-13H3. The van der Waals surface area contributed by atoms with E-state index in [1.807, 2.05) is 120 Å². The lowest BCUT2D eigenvalue weighted by molar-refractivity contribution is -0.114. The van der Waals surface area contributed by atoms with Gasteiger partial charge in [-0.1, -0.05) is 89.2 Å². The Kier molecular flexibility index (Phi) is 11.3. The summed E-state index contributed by atoms with van der Waals surface area (Å²) in [6.45, 7) is 24.3. The van der Waals surface area contributed by atoms with Crippen LogP contribution in [-0.4, -0.2) is 25.0 Å². The number of hydrogen-bond acceptors (Lipinski definition) is 8. The molecule has 0 spiro atoms. The van der Waals surface area contributed by atoms with E-state index in [4.69, 9.17) is 4.74 Å². The zero-order valence-corrected chi connectivity index (χ0v) is 32.9. The zero-order valence-electron chi connectivity index (χ0n) is 32.9. The van der Waals surface area contributed by atoms with Gasteiger partial charge in [-0.05, 0) is 86.9 Å². The van der Waals surface area contributed by atoms with Gasteiger partial charge in [0.1, 0.15) is 5.75 Å². The van der Waals surface area contributed by atoms with E-state index in [-0.39, 0.29) is 33.2 Å². The minimum absolute atomic E-state index is 0.0570. The van der Waals surface area contributed by atoms with Crippen LogP contribution in [0.15, 0.2) is 127 Å². The Bertz CT molecular complexity index is 1970. The van der Waals surface area contributed by atoms with Crippen molar-refractivity contribution in [1.29, 1.82) is 0 Å². The predicted molar refractivity (Wildman–Crippen MR) is 209 cm³/mol. The first-order chi connectivity index (χ1) is 24.0. The molecule has 0 amide bonds. The predicted octanol–water partition coefficient (Wildman–Crippen LogP) is 12.2. The van der Waals surface area contributed by atoms with E-state index in [0.717, 1.165) is 39.7 Å². The van der Waals surface area contributed by atoms with Crippen LogP contribution in [-0.2, 0) is 9.59 Å². The highest BCUT2D eigenvalue weighted by molar-refractivity contribution is 6.12. The van der Waals surface area contributed by atoms with E-state index >= 15 is 0 Å². The molecule has 4 rings (SSSR count). The summed E-state index contributed by atoms with van der Waals surface area (Å²) in [6, 6.07) is 10.7. The molecule has 2 aromatic rings. The summed E-state index contributed by atoms with van der Waals surface area (Å²) in [6.07, 6.45) is 11.6. The molecule has 0 saturated heterocycles. The van der Waals surface area contributed by atoms with E-state index < -0.39 is 0 Å². The molecule has 0 radical (unpaired) electrons. The van der Waals surface area contributed by atoms with E-state index in [0.29, 0.717) is 33.8 Å². The topological polar surface area (TPSA) is 110 Å². The molecular weight excluding hydrogens is 649 g/mol. The second kappa shape index (κ2) is 14.9. The number of rotatable bonds is 7. The van der Waals surface area contributed by atoms with Crippen LogP contribution >= 0.6 is 0 Å².